The minimum absolute atomic E-state index is 0.0517. The third kappa shape index (κ3) is 7.78. The minimum Gasteiger partial charge on any atom is -0.397 e. The number of hydrogen-bond acceptors (Lipinski definition) is 8. The van der Waals surface area contributed by atoms with Crippen LogP contribution in [0.1, 0.15) is 48.8 Å². The molecule has 2 bridgehead atoms. The van der Waals surface area contributed by atoms with E-state index in [0.717, 1.165) is 56.1 Å². The lowest BCUT2D eigenvalue weighted by atomic mass is 9.98. The second-order valence-electron chi connectivity index (χ2n) is 14.7. The summed E-state index contributed by atoms with van der Waals surface area (Å²) in [6, 6.07) is 9.92. The molecule has 0 aliphatic carbocycles. The van der Waals surface area contributed by atoms with Crippen molar-refractivity contribution in [3.63, 3.8) is 0 Å². The summed E-state index contributed by atoms with van der Waals surface area (Å²) >= 11 is 6.12. The molecule has 3 atom stereocenters. The highest BCUT2D eigenvalue weighted by Gasteiger charge is 2.45. The predicted molar refractivity (Wildman–Crippen MR) is 190 cm³/mol. The molecule has 7 rings (SSSR count). The number of nitrogens with zero attached hydrogens (tertiary/aromatic N) is 5. The van der Waals surface area contributed by atoms with E-state index in [9.17, 15) is 27.6 Å². The van der Waals surface area contributed by atoms with Gasteiger partial charge in [-0.25, -0.2) is 9.59 Å². The van der Waals surface area contributed by atoms with Gasteiger partial charge >= 0.3 is 18.3 Å². The first-order chi connectivity index (χ1) is 24.8. The Morgan fingerprint density at radius 1 is 1.00 bits per heavy atom. The Kier molecular flexibility index (Phi) is 10.5. The second kappa shape index (κ2) is 14.9. The van der Waals surface area contributed by atoms with Gasteiger partial charge in [-0.05, 0) is 74.9 Å². The highest BCUT2D eigenvalue weighted by molar-refractivity contribution is 6.33. The lowest BCUT2D eigenvalue weighted by molar-refractivity contribution is -0.137. The molecular formula is C36H46ClF3N8O4. The van der Waals surface area contributed by atoms with Crippen LogP contribution >= 0.6 is 11.6 Å². The maximum atomic E-state index is 14.0. The number of carbonyl (C=O) groups excluding carboxylic acids is 3. The Hall–Kier alpha value is -3.79. The molecule has 0 saturated carbocycles. The number of urea groups is 1. The average Bonchev–Trinajstić information content (AvgIpc) is 3.65. The van der Waals surface area contributed by atoms with Gasteiger partial charge in [-0.1, -0.05) is 29.8 Å². The molecular weight excluding hydrogens is 701 g/mol. The summed E-state index contributed by atoms with van der Waals surface area (Å²) in [5, 5.41) is 6.86. The summed E-state index contributed by atoms with van der Waals surface area (Å²) in [5.41, 5.74) is 5.96. The monoisotopic (exact) mass is 746 g/mol. The zero-order chi connectivity index (χ0) is 36.7. The van der Waals surface area contributed by atoms with Crippen molar-refractivity contribution < 1.29 is 32.4 Å². The Morgan fingerprint density at radius 3 is 2.38 bits per heavy atom. The standard InChI is InChI=1S/C36H46ClF3N8O4/c1-44-20-27-19-26(44)21-48(27)25-7-11-45(12-8-25)33(49)31(18-22-16-28(36(38,39)40)32(41)29(37)17-22)43-35(51)52-46-13-9-24(10-14-46)47-15-6-23-4-2-3-5-30(23)42-34(47)50/h2-5,16-17,24-27,31H,6-15,18-21,41H2,1H3,(H,42,50)(H,43,51)/t26?,27-,31?/m1/s1. The molecule has 16 heteroatoms. The van der Waals surface area contributed by atoms with Crippen LogP contribution in [0.3, 0.4) is 0 Å². The van der Waals surface area contributed by atoms with Crippen molar-refractivity contribution in [1.82, 2.24) is 30.0 Å². The number of benzene rings is 2. The van der Waals surface area contributed by atoms with Crippen LogP contribution < -0.4 is 16.4 Å². The highest BCUT2D eigenvalue weighted by Crippen LogP contribution is 2.38. The SMILES string of the molecule is CN1C[C@H]2CC1CN2C1CCN(C(=O)C(Cc2cc(Cl)c(N)c(C(F)(F)F)c2)NC(=O)ON2CCC(N3CCc4ccccc4NC3=O)CC2)CC1. The van der Waals surface area contributed by atoms with E-state index in [1.807, 2.05) is 29.2 Å². The number of alkyl halides is 3. The summed E-state index contributed by atoms with van der Waals surface area (Å²) in [5.74, 6) is -0.397. The molecule has 12 nitrogen and oxygen atoms in total. The Balaban J connectivity index is 0.984. The Morgan fingerprint density at radius 2 is 1.71 bits per heavy atom. The van der Waals surface area contributed by atoms with Crippen molar-refractivity contribution in [2.75, 3.05) is 63.9 Å². The fourth-order valence-corrected chi connectivity index (χ4v) is 8.96. The van der Waals surface area contributed by atoms with Crippen LogP contribution in [0, 0.1) is 0 Å². The summed E-state index contributed by atoms with van der Waals surface area (Å²) in [7, 11) is 2.16. The lowest BCUT2D eigenvalue weighted by Gasteiger charge is -2.42. The fourth-order valence-electron chi connectivity index (χ4n) is 8.71. The number of carbonyl (C=O) groups is 3. The van der Waals surface area contributed by atoms with Gasteiger partial charge in [0, 0.05) is 82.1 Å². The Labute approximate surface area is 306 Å². The maximum absolute atomic E-state index is 14.0. The zero-order valence-electron chi connectivity index (χ0n) is 29.2. The van der Waals surface area contributed by atoms with E-state index in [4.69, 9.17) is 22.2 Å². The second-order valence-corrected chi connectivity index (χ2v) is 15.2. The van der Waals surface area contributed by atoms with Crippen molar-refractivity contribution in [1.29, 1.82) is 0 Å². The van der Waals surface area contributed by atoms with E-state index < -0.39 is 35.5 Å². The molecule has 4 fully saturated rings. The van der Waals surface area contributed by atoms with Gasteiger partial charge in [0.15, 0.2) is 0 Å². The molecule has 2 aromatic carbocycles. The predicted octanol–water partition coefficient (Wildman–Crippen LogP) is 4.43. The molecule has 2 unspecified atom stereocenters. The summed E-state index contributed by atoms with van der Waals surface area (Å²) in [4.78, 5) is 54.5. The number of halogens is 4. The number of nitrogens with two attached hydrogens (primary N) is 1. The van der Waals surface area contributed by atoms with Crippen LogP contribution in [0.15, 0.2) is 36.4 Å². The highest BCUT2D eigenvalue weighted by atomic mass is 35.5. The fraction of sp³-hybridized carbons (Fsp3) is 0.583. The number of likely N-dealkylation sites (N-methyl/N-ethyl adjacent to an activating group) is 1. The smallest absolute Gasteiger partial charge is 0.397 e. The van der Waals surface area contributed by atoms with Gasteiger partial charge in [0.05, 0.1) is 16.3 Å². The molecule has 0 aromatic heterocycles. The average molecular weight is 747 g/mol. The van der Waals surface area contributed by atoms with E-state index in [-0.39, 0.29) is 29.1 Å². The van der Waals surface area contributed by atoms with Crippen LogP contribution in [-0.2, 0) is 28.7 Å². The molecule has 4 saturated heterocycles. The first-order valence-electron chi connectivity index (χ1n) is 18.1. The number of piperidine rings is 2. The first-order valence-corrected chi connectivity index (χ1v) is 18.5. The van der Waals surface area contributed by atoms with Gasteiger partial charge in [-0.15, -0.1) is 5.06 Å². The van der Waals surface area contributed by atoms with Crippen LogP contribution in [0.4, 0.5) is 34.1 Å². The van der Waals surface area contributed by atoms with E-state index in [2.05, 4.69) is 27.5 Å². The third-order valence-corrected chi connectivity index (χ3v) is 11.9. The van der Waals surface area contributed by atoms with Crippen LogP contribution in [0.5, 0.6) is 0 Å². The Bertz CT molecular complexity index is 1660. The number of likely N-dealkylation sites (tertiary alicyclic amines) is 3. The molecule has 4 N–H and O–H groups in total. The number of nitrogen functional groups attached to an aromatic ring is 1. The van der Waals surface area contributed by atoms with Crippen molar-refractivity contribution in [2.45, 2.75) is 81.3 Å². The number of para-hydroxylation sites is 1. The van der Waals surface area contributed by atoms with Crippen molar-refractivity contribution in [3.8, 4) is 0 Å². The number of amides is 4. The largest absolute Gasteiger partial charge is 0.426 e. The molecule has 0 radical (unpaired) electrons. The number of rotatable bonds is 7. The number of hydroxylamine groups is 2. The first kappa shape index (κ1) is 36.6. The zero-order valence-corrected chi connectivity index (χ0v) is 30.0. The third-order valence-electron chi connectivity index (χ3n) is 11.5. The minimum atomic E-state index is -4.76. The lowest BCUT2D eigenvalue weighted by Crippen LogP contribution is -2.56. The number of nitrogens with one attached hydrogen (secondary N) is 2. The van der Waals surface area contributed by atoms with Crippen molar-refractivity contribution in [3.05, 3.63) is 58.1 Å². The van der Waals surface area contributed by atoms with Crippen LogP contribution in [-0.4, -0.2) is 126 Å². The molecule has 5 aliphatic heterocycles. The summed E-state index contributed by atoms with van der Waals surface area (Å²) in [6.45, 7) is 4.29. The van der Waals surface area contributed by atoms with E-state index in [1.165, 1.54) is 11.1 Å². The molecule has 5 heterocycles. The van der Waals surface area contributed by atoms with E-state index >= 15 is 0 Å². The van der Waals surface area contributed by atoms with Gasteiger partial charge in [0.1, 0.15) is 6.04 Å². The van der Waals surface area contributed by atoms with Gasteiger partial charge in [0.2, 0.25) is 5.91 Å². The van der Waals surface area contributed by atoms with Crippen LogP contribution in [0.2, 0.25) is 5.02 Å². The van der Waals surface area contributed by atoms with Crippen molar-refractivity contribution in [2.24, 2.45) is 0 Å². The molecule has 5 aliphatic rings. The van der Waals surface area contributed by atoms with Crippen molar-refractivity contribution >= 4 is 41.0 Å². The van der Waals surface area contributed by atoms with Gasteiger partial charge in [-0.3, -0.25) is 9.69 Å². The van der Waals surface area contributed by atoms with Gasteiger partial charge in [0.25, 0.3) is 0 Å². The molecule has 52 heavy (non-hydrogen) atoms. The molecule has 0 spiro atoms. The number of hydrogen-bond donors (Lipinski definition) is 3. The van der Waals surface area contributed by atoms with Gasteiger partial charge < -0.3 is 35.9 Å². The molecule has 282 valence electrons. The topological polar surface area (TPSA) is 127 Å². The summed E-state index contributed by atoms with van der Waals surface area (Å²) in [6.07, 6.45) is -1.32. The number of fused-ring (bicyclic) bond motifs is 3. The number of anilines is 2. The molecule has 2 aromatic rings. The number of piperazine rings is 1. The molecule has 4 amide bonds. The van der Waals surface area contributed by atoms with E-state index in [1.54, 1.807) is 4.90 Å². The van der Waals surface area contributed by atoms with E-state index in [0.29, 0.717) is 63.7 Å². The normalized spacial score (nSPS) is 24.4. The van der Waals surface area contributed by atoms with Crippen LogP contribution in [0.25, 0.3) is 0 Å². The van der Waals surface area contributed by atoms with Gasteiger partial charge in [-0.2, -0.15) is 13.2 Å². The summed E-state index contributed by atoms with van der Waals surface area (Å²) < 4.78 is 41.5. The quantitative estimate of drug-likeness (QED) is 0.356. The maximum Gasteiger partial charge on any atom is 0.426 e.